The third-order valence-corrected chi connectivity index (χ3v) is 2.12. The Morgan fingerprint density at radius 3 is 2.40 bits per heavy atom. The van der Waals surface area contributed by atoms with Crippen molar-refractivity contribution < 1.29 is 9.62 Å². The molecule has 1 aromatic heterocycles. The number of aryl methyl sites for hydroxylation is 1. The van der Waals surface area contributed by atoms with Gasteiger partial charge in [0.05, 0.1) is 0 Å². The van der Waals surface area contributed by atoms with Crippen molar-refractivity contribution in [1.82, 2.24) is 0 Å². The molecule has 1 heterocycles. The van der Waals surface area contributed by atoms with E-state index < -0.39 is 0 Å². The number of hydrogen-bond acceptors (Lipinski definition) is 3. The molecule has 2 rings (SSSR count). The predicted molar refractivity (Wildman–Crippen MR) is 57.3 cm³/mol. The molecule has 3 nitrogen and oxygen atoms in total. The number of oxime groups is 1. The number of nitrogens with zero attached hydrogens (tertiary/aromatic N) is 1. The Balaban J connectivity index is 2.43. The van der Waals surface area contributed by atoms with Crippen LogP contribution < -0.4 is 0 Å². The number of rotatable bonds is 2. The normalized spacial score (nSPS) is 11.7. The van der Waals surface area contributed by atoms with Crippen molar-refractivity contribution in [2.45, 2.75) is 6.92 Å². The summed E-state index contributed by atoms with van der Waals surface area (Å²) in [7, 11) is 0. The zero-order valence-corrected chi connectivity index (χ0v) is 8.34. The van der Waals surface area contributed by atoms with E-state index in [1.54, 1.807) is 6.07 Å². The molecule has 0 spiro atoms. The van der Waals surface area contributed by atoms with Crippen LogP contribution in [0.25, 0.3) is 0 Å². The molecule has 15 heavy (non-hydrogen) atoms. The van der Waals surface area contributed by atoms with Gasteiger partial charge >= 0.3 is 0 Å². The third-order valence-electron chi connectivity index (χ3n) is 2.12. The highest BCUT2D eigenvalue weighted by atomic mass is 16.4. The van der Waals surface area contributed by atoms with Gasteiger partial charge in [-0.1, -0.05) is 35.5 Å². The summed E-state index contributed by atoms with van der Waals surface area (Å²) in [6.45, 7) is 1.85. The fourth-order valence-corrected chi connectivity index (χ4v) is 1.41. The van der Waals surface area contributed by atoms with E-state index in [-0.39, 0.29) is 0 Å². The van der Waals surface area contributed by atoms with Gasteiger partial charge in [-0.25, -0.2) is 0 Å². The van der Waals surface area contributed by atoms with Crippen LogP contribution in [0.5, 0.6) is 0 Å². The Hall–Kier alpha value is -2.03. The highest BCUT2D eigenvalue weighted by molar-refractivity contribution is 6.10. The van der Waals surface area contributed by atoms with Gasteiger partial charge in [0.2, 0.25) is 0 Å². The van der Waals surface area contributed by atoms with E-state index in [0.717, 1.165) is 11.3 Å². The highest BCUT2D eigenvalue weighted by Gasteiger charge is 2.10. The molecule has 1 N–H and O–H groups in total. The Labute approximate surface area is 87.7 Å². The summed E-state index contributed by atoms with van der Waals surface area (Å²) in [5.41, 5.74) is 1.28. The summed E-state index contributed by atoms with van der Waals surface area (Å²) in [4.78, 5) is 0. The van der Waals surface area contributed by atoms with Crippen molar-refractivity contribution >= 4 is 5.71 Å². The predicted octanol–water partition coefficient (Wildman–Crippen LogP) is 2.81. The van der Waals surface area contributed by atoms with E-state index in [2.05, 4.69) is 5.16 Å². The largest absolute Gasteiger partial charge is 0.460 e. The van der Waals surface area contributed by atoms with Crippen LogP contribution in [0.3, 0.4) is 0 Å². The first-order valence-corrected chi connectivity index (χ1v) is 4.65. The minimum atomic E-state index is 0.448. The van der Waals surface area contributed by atoms with E-state index in [1.807, 2.05) is 43.3 Å². The second-order valence-corrected chi connectivity index (χ2v) is 3.22. The molecule has 2 aromatic rings. The first kappa shape index (κ1) is 9.52. The van der Waals surface area contributed by atoms with Crippen LogP contribution >= 0.6 is 0 Å². The van der Waals surface area contributed by atoms with Crippen molar-refractivity contribution in [1.29, 1.82) is 0 Å². The van der Waals surface area contributed by atoms with Crippen LogP contribution in [0.4, 0.5) is 0 Å². The van der Waals surface area contributed by atoms with Crippen LogP contribution in [0.15, 0.2) is 52.0 Å². The maximum atomic E-state index is 8.97. The molecule has 3 heteroatoms. The molecule has 0 saturated carbocycles. The second-order valence-electron chi connectivity index (χ2n) is 3.22. The van der Waals surface area contributed by atoms with Crippen LogP contribution in [0.1, 0.15) is 17.1 Å². The lowest BCUT2D eigenvalue weighted by atomic mass is 10.1. The molecule has 76 valence electrons. The van der Waals surface area contributed by atoms with Gasteiger partial charge in [-0.15, -0.1) is 0 Å². The molecule has 0 aliphatic rings. The Kier molecular flexibility index (Phi) is 2.54. The van der Waals surface area contributed by atoms with E-state index in [4.69, 9.17) is 9.62 Å². The smallest absolute Gasteiger partial charge is 0.156 e. The molecule has 1 aromatic carbocycles. The monoisotopic (exact) mass is 201 g/mol. The van der Waals surface area contributed by atoms with E-state index in [0.29, 0.717) is 11.5 Å². The second kappa shape index (κ2) is 4.00. The summed E-state index contributed by atoms with van der Waals surface area (Å²) >= 11 is 0. The van der Waals surface area contributed by atoms with Crippen molar-refractivity contribution in [2.24, 2.45) is 5.16 Å². The number of hydrogen-bond donors (Lipinski definition) is 1. The average molecular weight is 201 g/mol. The van der Waals surface area contributed by atoms with Crippen LogP contribution in [0, 0.1) is 6.92 Å². The van der Waals surface area contributed by atoms with Gasteiger partial charge in [0.25, 0.3) is 0 Å². The van der Waals surface area contributed by atoms with Crippen molar-refractivity contribution in [3.8, 4) is 0 Å². The quantitative estimate of drug-likeness (QED) is 0.461. The van der Waals surface area contributed by atoms with Gasteiger partial charge in [-0.2, -0.15) is 0 Å². The van der Waals surface area contributed by atoms with Gasteiger partial charge < -0.3 is 9.62 Å². The van der Waals surface area contributed by atoms with Crippen LogP contribution in [-0.4, -0.2) is 10.9 Å². The topological polar surface area (TPSA) is 45.7 Å². The number of furan rings is 1. The van der Waals surface area contributed by atoms with Gasteiger partial charge in [0.15, 0.2) is 11.5 Å². The molecular weight excluding hydrogens is 190 g/mol. The van der Waals surface area contributed by atoms with E-state index in [1.165, 1.54) is 0 Å². The first-order valence-electron chi connectivity index (χ1n) is 4.65. The lowest BCUT2D eigenvalue weighted by Crippen LogP contribution is -2.01. The molecular formula is C12H11NO2. The summed E-state index contributed by atoms with van der Waals surface area (Å²) in [6.07, 6.45) is 0. The minimum Gasteiger partial charge on any atom is -0.460 e. The fourth-order valence-electron chi connectivity index (χ4n) is 1.41. The Morgan fingerprint density at radius 1 is 1.13 bits per heavy atom. The summed E-state index contributed by atoms with van der Waals surface area (Å²) in [6, 6.07) is 13.0. The zero-order chi connectivity index (χ0) is 10.7. The zero-order valence-electron chi connectivity index (χ0n) is 8.34. The molecule has 0 amide bonds. The van der Waals surface area contributed by atoms with Crippen molar-refractivity contribution in [3.05, 3.63) is 59.5 Å². The maximum absolute atomic E-state index is 8.97. The van der Waals surface area contributed by atoms with E-state index in [9.17, 15) is 0 Å². The number of benzene rings is 1. The van der Waals surface area contributed by atoms with E-state index >= 15 is 0 Å². The maximum Gasteiger partial charge on any atom is 0.156 e. The summed E-state index contributed by atoms with van der Waals surface area (Å²) < 4.78 is 5.40. The molecule has 0 radical (unpaired) electrons. The van der Waals surface area contributed by atoms with Gasteiger partial charge in [0, 0.05) is 5.56 Å². The standard InChI is InChI=1S/C12H11NO2/c1-9-7-8-11(15-9)12(13-14)10-5-3-2-4-6-10/h2-8,14H,1H3/b13-12-. The lowest BCUT2D eigenvalue weighted by molar-refractivity contribution is 0.318. The molecule has 0 unspecified atom stereocenters. The van der Waals surface area contributed by atoms with Gasteiger partial charge in [-0.3, -0.25) is 0 Å². The Bertz CT molecular complexity index is 471. The Morgan fingerprint density at radius 2 is 1.87 bits per heavy atom. The van der Waals surface area contributed by atoms with Gasteiger partial charge in [0.1, 0.15) is 5.76 Å². The molecule has 0 fully saturated rings. The molecule has 0 aliphatic heterocycles. The lowest BCUT2D eigenvalue weighted by Gasteiger charge is -2.00. The van der Waals surface area contributed by atoms with Gasteiger partial charge in [-0.05, 0) is 19.1 Å². The SMILES string of the molecule is Cc1ccc(/C(=N\O)c2ccccc2)o1. The summed E-state index contributed by atoms with van der Waals surface area (Å²) in [5, 5.41) is 12.2. The van der Waals surface area contributed by atoms with Crippen LogP contribution in [0.2, 0.25) is 0 Å². The molecule has 0 aliphatic carbocycles. The molecule has 0 atom stereocenters. The summed E-state index contributed by atoms with van der Waals surface area (Å²) in [5.74, 6) is 1.36. The highest BCUT2D eigenvalue weighted by Crippen LogP contribution is 2.13. The van der Waals surface area contributed by atoms with Crippen molar-refractivity contribution in [2.75, 3.05) is 0 Å². The average Bonchev–Trinajstić information content (AvgIpc) is 2.68. The minimum absolute atomic E-state index is 0.448. The van der Waals surface area contributed by atoms with Crippen LogP contribution in [-0.2, 0) is 0 Å². The fraction of sp³-hybridized carbons (Fsp3) is 0.0833. The molecule has 0 saturated heterocycles. The molecule has 0 bridgehead atoms. The van der Waals surface area contributed by atoms with Crippen molar-refractivity contribution in [3.63, 3.8) is 0 Å². The first-order chi connectivity index (χ1) is 7.31. The third kappa shape index (κ3) is 1.91.